The summed E-state index contributed by atoms with van der Waals surface area (Å²) in [6.45, 7) is 2.16. The Kier molecular flexibility index (Phi) is 3.15. The molecule has 0 radical (unpaired) electrons. The molecule has 3 rings (SSSR count). The summed E-state index contributed by atoms with van der Waals surface area (Å²) in [4.78, 5) is 4.31. The first-order chi connectivity index (χ1) is 9.34. The Morgan fingerprint density at radius 1 is 0.895 bits per heavy atom. The average Bonchev–Trinajstić information content (AvgIpc) is 2.47. The molecule has 1 atom stereocenters. The number of nitrogens with zero attached hydrogens (tertiary/aromatic N) is 1. The molecule has 0 amide bonds. The maximum absolute atomic E-state index is 4.31. The van der Waals surface area contributed by atoms with Crippen LogP contribution in [-0.2, 0) is 0 Å². The first kappa shape index (κ1) is 11.7. The van der Waals surface area contributed by atoms with Crippen molar-refractivity contribution in [2.24, 2.45) is 0 Å². The van der Waals surface area contributed by atoms with Gasteiger partial charge in [-0.1, -0.05) is 48.5 Å². The Morgan fingerprint density at radius 3 is 2.53 bits per heavy atom. The van der Waals surface area contributed by atoms with Gasteiger partial charge < -0.3 is 5.32 Å². The van der Waals surface area contributed by atoms with Crippen molar-refractivity contribution >= 4 is 16.6 Å². The van der Waals surface area contributed by atoms with E-state index in [9.17, 15) is 0 Å². The summed E-state index contributed by atoms with van der Waals surface area (Å²) in [6, 6.07) is 21.0. The molecular formula is C17H16N2. The quantitative estimate of drug-likeness (QED) is 0.742. The summed E-state index contributed by atoms with van der Waals surface area (Å²) < 4.78 is 0. The molecule has 0 spiro atoms. The number of benzene rings is 2. The van der Waals surface area contributed by atoms with Gasteiger partial charge >= 0.3 is 0 Å². The van der Waals surface area contributed by atoms with Crippen molar-refractivity contribution in [1.82, 2.24) is 4.98 Å². The van der Waals surface area contributed by atoms with Gasteiger partial charge in [0.2, 0.25) is 0 Å². The average molecular weight is 248 g/mol. The zero-order valence-corrected chi connectivity index (χ0v) is 10.9. The molecule has 0 saturated carbocycles. The van der Waals surface area contributed by atoms with E-state index in [1.165, 1.54) is 16.3 Å². The van der Waals surface area contributed by atoms with E-state index in [0.717, 1.165) is 5.82 Å². The van der Waals surface area contributed by atoms with Crippen LogP contribution in [0, 0.1) is 0 Å². The van der Waals surface area contributed by atoms with Gasteiger partial charge in [0.15, 0.2) is 0 Å². The summed E-state index contributed by atoms with van der Waals surface area (Å²) in [5, 5.41) is 6.00. The molecule has 0 aliphatic carbocycles. The zero-order chi connectivity index (χ0) is 13.1. The van der Waals surface area contributed by atoms with Gasteiger partial charge in [-0.05, 0) is 35.4 Å². The van der Waals surface area contributed by atoms with Gasteiger partial charge in [-0.15, -0.1) is 0 Å². The first-order valence-corrected chi connectivity index (χ1v) is 6.50. The highest BCUT2D eigenvalue weighted by Crippen LogP contribution is 2.26. The lowest BCUT2D eigenvalue weighted by Gasteiger charge is -2.17. The van der Waals surface area contributed by atoms with Crippen molar-refractivity contribution in [3.63, 3.8) is 0 Å². The van der Waals surface area contributed by atoms with E-state index >= 15 is 0 Å². The van der Waals surface area contributed by atoms with E-state index in [0.29, 0.717) is 0 Å². The van der Waals surface area contributed by atoms with Crippen molar-refractivity contribution in [2.75, 3.05) is 5.32 Å². The molecule has 0 aliphatic rings. The van der Waals surface area contributed by atoms with E-state index in [4.69, 9.17) is 0 Å². The third-order valence-corrected chi connectivity index (χ3v) is 3.32. The molecule has 2 heteroatoms. The molecule has 1 heterocycles. The monoisotopic (exact) mass is 248 g/mol. The van der Waals surface area contributed by atoms with Gasteiger partial charge in [0.1, 0.15) is 5.82 Å². The fraction of sp³-hybridized carbons (Fsp3) is 0.118. The Bertz CT molecular complexity index is 672. The summed E-state index contributed by atoms with van der Waals surface area (Å²) in [5.74, 6) is 0.905. The Morgan fingerprint density at radius 2 is 1.68 bits per heavy atom. The molecule has 1 aromatic heterocycles. The van der Waals surface area contributed by atoms with Gasteiger partial charge in [0.05, 0.1) is 6.04 Å². The molecule has 2 nitrogen and oxygen atoms in total. The van der Waals surface area contributed by atoms with Gasteiger partial charge in [0, 0.05) is 6.20 Å². The largest absolute Gasteiger partial charge is 0.364 e. The molecule has 1 N–H and O–H groups in total. The van der Waals surface area contributed by atoms with Crippen LogP contribution >= 0.6 is 0 Å². The predicted molar refractivity (Wildman–Crippen MR) is 80.2 cm³/mol. The number of hydrogen-bond donors (Lipinski definition) is 1. The van der Waals surface area contributed by atoms with E-state index < -0.39 is 0 Å². The molecule has 0 fully saturated rings. The molecule has 2 aromatic carbocycles. The Hall–Kier alpha value is -2.35. The van der Waals surface area contributed by atoms with Crippen LogP contribution in [0.3, 0.4) is 0 Å². The summed E-state index contributed by atoms with van der Waals surface area (Å²) in [6.07, 6.45) is 1.80. The molecular weight excluding hydrogens is 232 g/mol. The highest BCUT2D eigenvalue weighted by molar-refractivity contribution is 5.86. The van der Waals surface area contributed by atoms with E-state index in [1.807, 2.05) is 18.2 Å². The van der Waals surface area contributed by atoms with Gasteiger partial charge in [-0.2, -0.15) is 0 Å². The number of pyridine rings is 1. The van der Waals surface area contributed by atoms with Gasteiger partial charge in [-0.3, -0.25) is 0 Å². The number of aromatic nitrogens is 1. The fourth-order valence-corrected chi connectivity index (χ4v) is 2.38. The van der Waals surface area contributed by atoms with Crippen LogP contribution in [-0.4, -0.2) is 4.98 Å². The molecule has 1 unspecified atom stereocenters. The highest BCUT2D eigenvalue weighted by Gasteiger charge is 2.08. The maximum atomic E-state index is 4.31. The highest BCUT2D eigenvalue weighted by atomic mass is 15.0. The second kappa shape index (κ2) is 5.11. The normalized spacial score (nSPS) is 12.3. The third-order valence-electron chi connectivity index (χ3n) is 3.32. The van der Waals surface area contributed by atoms with Crippen molar-refractivity contribution < 1.29 is 0 Å². The third kappa shape index (κ3) is 2.43. The van der Waals surface area contributed by atoms with Crippen LogP contribution in [0.15, 0.2) is 66.9 Å². The van der Waals surface area contributed by atoms with Crippen LogP contribution in [0.4, 0.5) is 5.82 Å². The molecule has 94 valence electrons. The lowest BCUT2D eigenvalue weighted by Crippen LogP contribution is -2.08. The Labute approximate surface area is 113 Å². The van der Waals surface area contributed by atoms with E-state index in [2.05, 4.69) is 59.7 Å². The van der Waals surface area contributed by atoms with Crippen LogP contribution < -0.4 is 5.32 Å². The van der Waals surface area contributed by atoms with Crippen LogP contribution in [0.1, 0.15) is 18.5 Å². The van der Waals surface area contributed by atoms with E-state index in [1.54, 1.807) is 6.20 Å². The number of anilines is 1. The maximum Gasteiger partial charge on any atom is 0.126 e. The van der Waals surface area contributed by atoms with Crippen molar-refractivity contribution in [1.29, 1.82) is 0 Å². The van der Waals surface area contributed by atoms with Crippen LogP contribution in [0.5, 0.6) is 0 Å². The van der Waals surface area contributed by atoms with Gasteiger partial charge in [0.25, 0.3) is 0 Å². The first-order valence-electron chi connectivity index (χ1n) is 6.50. The van der Waals surface area contributed by atoms with Crippen molar-refractivity contribution in [3.05, 3.63) is 72.4 Å². The Balaban J connectivity index is 1.96. The second-order valence-corrected chi connectivity index (χ2v) is 4.65. The standard InChI is InChI=1S/C17H16N2/c1-13(19-17-11-4-5-12-18-17)15-10-6-8-14-7-2-3-9-16(14)15/h2-13H,1H3,(H,18,19). The number of nitrogens with one attached hydrogen (secondary N) is 1. The molecule has 0 saturated heterocycles. The number of fused-ring (bicyclic) bond motifs is 1. The smallest absolute Gasteiger partial charge is 0.126 e. The van der Waals surface area contributed by atoms with Crippen molar-refractivity contribution in [2.45, 2.75) is 13.0 Å². The van der Waals surface area contributed by atoms with Crippen LogP contribution in [0.25, 0.3) is 10.8 Å². The SMILES string of the molecule is CC(Nc1ccccn1)c1cccc2ccccc12. The molecule has 0 bridgehead atoms. The van der Waals surface area contributed by atoms with Gasteiger partial charge in [-0.25, -0.2) is 4.98 Å². The van der Waals surface area contributed by atoms with Crippen molar-refractivity contribution in [3.8, 4) is 0 Å². The van der Waals surface area contributed by atoms with Crippen LogP contribution in [0.2, 0.25) is 0 Å². The van der Waals surface area contributed by atoms with E-state index in [-0.39, 0.29) is 6.04 Å². The summed E-state index contributed by atoms with van der Waals surface area (Å²) in [7, 11) is 0. The lowest BCUT2D eigenvalue weighted by atomic mass is 10.00. The second-order valence-electron chi connectivity index (χ2n) is 4.65. The lowest BCUT2D eigenvalue weighted by molar-refractivity contribution is 0.884. The summed E-state index contributed by atoms with van der Waals surface area (Å²) >= 11 is 0. The molecule has 0 aliphatic heterocycles. The predicted octanol–water partition coefficient (Wildman–Crippen LogP) is 4.41. The zero-order valence-electron chi connectivity index (χ0n) is 10.9. The topological polar surface area (TPSA) is 24.9 Å². The fourth-order valence-electron chi connectivity index (χ4n) is 2.38. The minimum absolute atomic E-state index is 0.223. The summed E-state index contributed by atoms with van der Waals surface area (Å²) in [5.41, 5.74) is 1.30. The molecule has 19 heavy (non-hydrogen) atoms. The minimum atomic E-state index is 0.223. The number of rotatable bonds is 3. The minimum Gasteiger partial charge on any atom is -0.364 e. The number of hydrogen-bond acceptors (Lipinski definition) is 2. The molecule has 3 aromatic rings.